The lowest BCUT2D eigenvalue weighted by molar-refractivity contribution is 0.0951. The van der Waals surface area contributed by atoms with Crippen LogP contribution in [0.5, 0.6) is 0 Å². The lowest BCUT2D eigenvalue weighted by Gasteiger charge is -2.45. The topological polar surface area (TPSA) is 3.24 Å². The van der Waals surface area contributed by atoms with Crippen LogP contribution in [0.4, 0.5) is 4.39 Å². The molecule has 0 saturated carbocycles. The monoisotopic (exact) mass is 335 g/mol. The summed E-state index contributed by atoms with van der Waals surface area (Å²) >= 11 is 0. The van der Waals surface area contributed by atoms with E-state index in [1.165, 1.54) is 36.0 Å². The fourth-order valence-electron chi connectivity index (χ4n) is 4.76. The summed E-state index contributed by atoms with van der Waals surface area (Å²) in [6.45, 7) is 5.11. The van der Waals surface area contributed by atoms with Crippen molar-refractivity contribution >= 4 is 5.57 Å². The third kappa shape index (κ3) is 3.28. The van der Waals surface area contributed by atoms with Gasteiger partial charge < -0.3 is 0 Å². The van der Waals surface area contributed by atoms with E-state index in [0.29, 0.717) is 12.1 Å². The van der Waals surface area contributed by atoms with Gasteiger partial charge in [-0.25, -0.2) is 4.39 Å². The SMILES string of the molecule is Cc1cc(F)cc(C)c1C1=CC2CCCC(C1)N2Cc1ccccc1. The highest BCUT2D eigenvalue weighted by atomic mass is 19.1. The van der Waals surface area contributed by atoms with Gasteiger partial charge >= 0.3 is 0 Å². The first-order valence-corrected chi connectivity index (χ1v) is 9.39. The van der Waals surface area contributed by atoms with Gasteiger partial charge in [0.1, 0.15) is 5.82 Å². The minimum atomic E-state index is -0.124. The van der Waals surface area contributed by atoms with Crippen molar-refractivity contribution in [1.29, 1.82) is 0 Å². The number of fused-ring (bicyclic) bond motifs is 2. The van der Waals surface area contributed by atoms with E-state index >= 15 is 0 Å². The number of piperidine rings is 1. The fraction of sp³-hybridized carbons (Fsp3) is 0.391. The fourth-order valence-corrected chi connectivity index (χ4v) is 4.76. The van der Waals surface area contributed by atoms with Gasteiger partial charge in [0.05, 0.1) is 0 Å². The maximum absolute atomic E-state index is 13.7. The molecule has 0 amide bonds. The summed E-state index contributed by atoms with van der Waals surface area (Å²) in [5.41, 5.74) is 6.23. The van der Waals surface area contributed by atoms with Crippen LogP contribution in [0, 0.1) is 19.7 Å². The molecule has 2 aromatic rings. The third-order valence-corrected chi connectivity index (χ3v) is 5.81. The van der Waals surface area contributed by atoms with Crippen molar-refractivity contribution in [1.82, 2.24) is 4.90 Å². The summed E-state index contributed by atoms with van der Waals surface area (Å²) < 4.78 is 13.7. The average molecular weight is 335 g/mol. The van der Waals surface area contributed by atoms with Crippen molar-refractivity contribution in [2.45, 2.75) is 58.2 Å². The van der Waals surface area contributed by atoms with Crippen LogP contribution in [-0.2, 0) is 6.54 Å². The first-order valence-electron chi connectivity index (χ1n) is 9.39. The molecule has 1 saturated heterocycles. The minimum absolute atomic E-state index is 0.124. The molecule has 4 rings (SSSR count). The van der Waals surface area contributed by atoms with E-state index in [9.17, 15) is 4.39 Å². The molecule has 2 heteroatoms. The second kappa shape index (κ2) is 6.76. The smallest absolute Gasteiger partial charge is 0.123 e. The highest BCUT2D eigenvalue weighted by molar-refractivity contribution is 5.72. The van der Waals surface area contributed by atoms with Crippen LogP contribution in [0.15, 0.2) is 48.5 Å². The van der Waals surface area contributed by atoms with Crippen LogP contribution in [0.2, 0.25) is 0 Å². The largest absolute Gasteiger partial charge is 0.289 e. The number of aryl methyl sites for hydroxylation is 2. The number of hydrogen-bond donors (Lipinski definition) is 0. The Balaban J connectivity index is 1.66. The Kier molecular flexibility index (Phi) is 4.47. The number of nitrogens with zero attached hydrogens (tertiary/aromatic N) is 1. The molecular weight excluding hydrogens is 309 g/mol. The van der Waals surface area contributed by atoms with Gasteiger partial charge in [0, 0.05) is 18.6 Å². The molecule has 2 heterocycles. The molecule has 0 spiro atoms. The summed E-state index contributed by atoms with van der Waals surface area (Å²) in [6, 6.07) is 15.2. The van der Waals surface area contributed by atoms with Crippen molar-refractivity contribution in [3.63, 3.8) is 0 Å². The molecule has 2 atom stereocenters. The van der Waals surface area contributed by atoms with Crippen molar-refractivity contribution in [2.24, 2.45) is 0 Å². The van der Waals surface area contributed by atoms with Gasteiger partial charge in [-0.05, 0) is 73.1 Å². The Bertz CT molecular complexity index is 770. The van der Waals surface area contributed by atoms with Gasteiger partial charge in [-0.1, -0.05) is 42.8 Å². The van der Waals surface area contributed by atoms with E-state index < -0.39 is 0 Å². The van der Waals surface area contributed by atoms with Gasteiger partial charge in [-0.3, -0.25) is 4.90 Å². The molecule has 130 valence electrons. The standard InChI is InChI=1S/C23H26FN/c1-16-11-20(24)12-17(2)23(16)19-13-21-9-6-10-22(14-19)25(21)15-18-7-4-3-5-8-18/h3-5,7-8,11-13,21-22H,6,9-10,14-15H2,1-2H3. The van der Waals surface area contributed by atoms with Crippen molar-refractivity contribution in [3.05, 3.63) is 76.6 Å². The minimum Gasteiger partial charge on any atom is -0.289 e. The molecule has 0 N–H and O–H groups in total. The van der Waals surface area contributed by atoms with E-state index in [0.717, 1.165) is 24.1 Å². The van der Waals surface area contributed by atoms with E-state index in [1.54, 1.807) is 12.1 Å². The van der Waals surface area contributed by atoms with Crippen LogP contribution >= 0.6 is 0 Å². The Morgan fingerprint density at radius 3 is 2.44 bits per heavy atom. The number of rotatable bonds is 3. The van der Waals surface area contributed by atoms with Crippen LogP contribution < -0.4 is 0 Å². The molecular formula is C23H26FN. The second-order valence-electron chi connectivity index (χ2n) is 7.62. The van der Waals surface area contributed by atoms with Crippen molar-refractivity contribution in [2.75, 3.05) is 0 Å². The summed E-state index contributed by atoms with van der Waals surface area (Å²) in [5.74, 6) is -0.124. The van der Waals surface area contributed by atoms with Gasteiger partial charge in [0.15, 0.2) is 0 Å². The Morgan fingerprint density at radius 1 is 1.04 bits per heavy atom. The molecule has 0 radical (unpaired) electrons. The zero-order chi connectivity index (χ0) is 17.4. The predicted molar refractivity (Wildman–Crippen MR) is 102 cm³/mol. The molecule has 2 bridgehead atoms. The predicted octanol–water partition coefficient (Wildman–Crippen LogP) is 5.65. The number of hydrogen-bond acceptors (Lipinski definition) is 1. The lowest BCUT2D eigenvalue weighted by atomic mass is 9.80. The Labute approximate surface area is 150 Å². The normalized spacial score (nSPS) is 23.4. The highest BCUT2D eigenvalue weighted by Crippen LogP contribution is 2.39. The van der Waals surface area contributed by atoms with Crippen molar-refractivity contribution < 1.29 is 4.39 Å². The van der Waals surface area contributed by atoms with Crippen LogP contribution in [0.3, 0.4) is 0 Å². The third-order valence-electron chi connectivity index (χ3n) is 5.81. The molecule has 1 nitrogen and oxygen atoms in total. The van der Waals surface area contributed by atoms with Crippen LogP contribution in [0.25, 0.3) is 5.57 Å². The molecule has 0 aromatic heterocycles. The van der Waals surface area contributed by atoms with Crippen molar-refractivity contribution in [3.8, 4) is 0 Å². The number of halogens is 1. The average Bonchev–Trinajstić information content (AvgIpc) is 2.55. The van der Waals surface area contributed by atoms with Gasteiger partial charge in [0.2, 0.25) is 0 Å². The summed E-state index contributed by atoms with van der Waals surface area (Å²) in [7, 11) is 0. The van der Waals surface area contributed by atoms with Gasteiger partial charge in [-0.2, -0.15) is 0 Å². The quantitative estimate of drug-likeness (QED) is 0.700. The molecule has 2 aliphatic heterocycles. The summed E-state index contributed by atoms with van der Waals surface area (Å²) in [5, 5.41) is 0. The molecule has 2 unspecified atom stereocenters. The Morgan fingerprint density at radius 2 is 1.76 bits per heavy atom. The molecule has 2 aromatic carbocycles. The summed E-state index contributed by atoms with van der Waals surface area (Å²) in [6.07, 6.45) is 7.35. The molecule has 1 fully saturated rings. The van der Waals surface area contributed by atoms with Crippen LogP contribution in [0.1, 0.15) is 47.9 Å². The first-order chi connectivity index (χ1) is 12.1. The zero-order valence-electron chi connectivity index (χ0n) is 15.1. The molecule has 0 aliphatic carbocycles. The van der Waals surface area contributed by atoms with E-state index in [1.807, 2.05) is 13.8 Å². The zero-order valence-corrected chi connectivity index (χ0v) is 15.1. The van der Waals surface area contributed by atoms with Crippen LogP contribution in [-0.4, -0.2) is 17.0 Å². The van der Waals surface area contributed by atoms with Gasteiger partial charge in [-0.15, -0.1) is 0 Å². The second-order valence-corrected chi connectivity index (χ2v) is 7.62. The lowest BCUT2D eigenvalue weighted by Crippen LogP contribution is -2.47. The maximum atomic E-state index is 13.7. The van der Waals surface area contributed by atoms with E-state index in [-0.39, 0.29) is 5.82 Å². The maximum Gasteiger partial charge on any atom is 0.123 e. The molecule has 25 heavy (non-hydrogen) atoms. The summed E-state index contributed by atoms with van der Waals surface area (Å²) in [4.78, 5) is 2.68. The van der Waals surface area contributed by atoms with E-state index in [2.05, 4.69) is 41.3 Å². The molecule has 2 aliphatic rings. The number of benzene rings is 2. The highest BCUT2D eigenvalue weighted by Gasteiger charge is 2.34. The Hall–Kier alpha value is -1.93. The van der Waals surface area contributed by atoms with E-state index in [4.69, 9.17) is 0 Å². The van der Waals surface area contributed by atoms with Gasteiger partial charge in [0.25, 0.3) is 0 Å². The first kappa shape index (κ1) is 16.5.